The Hall–Kier alpha value is -2.94. The van der Waals surface area contributed by atoms with Crippen LogP contribution in [0.5, 0.6) is 0 Å². The van der Waals surface area contributed by atoms with Gasteiger partial charge in [-0.15, -0.1) is 11.8 Å². The zero-order chi connectivity index (χ0) is 22.4. The quantitative estimate of drug-likeness (QED) is 0.453. The lowest BCUT2D eigenvalue weighted by Crippen LogP contribution is -2.48. The van der Waals surface area contributed by atoms with Crippen molar-refractivity contribution >= 4 is 34.5 Å². The number of aromatic amines is 1. The summed E-state index contributed by atoms with van der Waals surface area (Å²) in [5.74, 6) is -0.657. The Bertz CT molecular complexity index is 1070. The minimum atomic E-state index is -4.44. The second kappa shape index (κ2) is 9.91. The molecule has 1 heterocycles. The van der Waals surface area contributed by atoms with Gasteiger partial charge in [0.05, 0.1) is 5.56 Å². The number of halogens is 3. The summed E-state index contributed by atoms with van der Waals surface area (Å²) in [5, 5.41) is 6.45. The Balaban J connectivity index is 1.58. The van der Waals surface area contributed by atoms with E-state index < -0.39 is 17.8 Å². The number of amides is 2. The van der Waals surface area contributed by atoms with Crippen LogP contribution < -0.4 is 10.6 Å². The summed E-state index contributed by atoms with van der Waals surface area (Å²) in [6.45, 7) is 1.66. The van der Waals surface area contributed by atoms with E-state index in [0.29, 0.717) is 17.9 Å². The van der Waals surface area contributed by atoms with E-state index in [2.05, 4.69) is 15.6 Å². The van der Waals surface area contributed by atoms with E-state index in [1.165, 1.54) is 13.0 Å². The van der Waals surface area contributed by atoms with E-state index in [1.54, 1.807) is 6.07 Å². The zero-order valence-corrected chi connectivity index (χ0v) is 17.6. The Kier molecular flexibility index (Phi) is 7.27. The summed E-state index contributed by atoms with van der Waals surface area (Å²) in [6, 6.07) is 11.9. The van der Waals surface area contributed by atoms with Gasteiger partial charge < -0.3 is 15.6 Å². The van der Waals surface area contributed by atoms with Gasteiger partial charge >= 0.3 is 6.18 Å². The average Bonchev–Trinajstić information content (AvgIpc) is 3.13. The molecule has 0 saturated heterocycles. The van der Waals surface area contributed by atoms with Crippen LogP contribution in [0.3, 0.4) is 0 Å². The van der Waals surface area contributed by atoms with Crippen molar-refractivity contribution in [3.05, 3.63) is 65.9 Å². The van der Waals surface area contributed by atoms with Gasteiger partial charge in [-0.25, -0.2) is 0 Å². The molecule has 9 heteroatoms. The number of thioether (sulfide) groups is 1. The number of carbonyl (C=O) groups excluding carboxylic acids is 2. The molecule has 0 radical (unpaired) electrons. The van der Waals surface area contributed by atoms with Gasteiger partial charge in [0.15, 0.2) is 0 Å². The standard InChI is InChI=1S/C22H22F3N3O2S/c1-14(29)28-20(13-31-17-6-4-5-16(11-17)22(23,24)25)21(30)26-10-9-15-12-27-19-8-3-2-7-18(15)19/h2-8,11-12,20,27H,9-10,13H2,1H3,(H,26,30)(H,28,29). The lowest BCUT2D eigenvalue weighted by atomic mass is 10.1. The van der Waals surface area contributed by atoms with Crippen molar-refractivity contribution in [2.75, 3.05) is 12.3 Å². The van der Waals surface area contributed by atoms with Crippen LogP contribution in [0.25, 0.3) is 10.9 Å². The molecule has 2 aromatic carbocycles. The molecule has 1 unspecified atom stereocenters. The first kappa shape index (κ1) is 22.7. The van der Waals surface area contributed by atoms with Crippen LogP contribution in [0, 0.1) is 0 Å². The molecule has 3 aromatic rings. The smallest absolute Gasteiger partial charge is 0.361 e. The molecule has 0 spiro atoms. The van der Waals surface area contributed by atoms with E-state index in [-0.39, 0.29) is 17.6 Å². The molecule has 0 fully saturated rings. The fraction of sp³-hybridized carbons (Fsp3) is 0.273. The minimum absolute atomic E-state index is 0.111. The highest BCUT2D eigenvalue weighted by atomic mass is 32.2. The molecule has 3 rings (SSSR count). The van der Waals surface area contributed by atoms with Crippen LogP contribution in [0.15, 0.2) is 59.6 Å². The SMILES string of the molecule is CC(=O)NC(CSc1cccc(C(F)(F)F)c1)C(=O)NCCc1c[nH]c2ccccc12. The van der Waals surface area contributed by atoms with Gasteiger partial charge in [-0.3, -0.25) is 9.59 Å². The summed E-state index contributed by atoms with van der Waals surface area (Å²) in [7, 11) is 0. The van der Waals surface area contributed by atoms with Crippen molar-refractivity contribution in [2.45, 2.75) is 30.5 Å². The van der Waals surface area contributed by atoms with Crippen molar-refractivity contribution in [3.63, 3.8) is 0 Å². The van der Waals surface area contributed by atoms with Gasteiger partial charge in [-0.1, -0.05) is 24.3 Å². The van der Waals surface area contributed by atoms with Crippen LogP contribution in [-0.4, -0.2) is 35.1 Å². The highest BCUT2D eigenvalue weighted by Crippen LogP contribution is 2.32. The Morgan fingerprint density at radius 1 is 1.13 bits per heavy atom. The third kappa shape index (κ3) is 6.27. The molecule has 164 valence electrons. The van der Waals surface area contributed by atoms with Gasteiger partial charge in [0, 0.05) is 41.2 Å². The molecule has 1 aromatic heterocycles. The fourth-order valence-electron chi connectivity index (χ4n) is 3.15. The van der Waals surface area contributed by atoms with Crippen LogP contribution in [0.2, 0.25) is 0 Å². The number of alkyl halides is 3. The molecule has 0 saturated carbocycles. The van der Waals surface area contributed by atoms with Crippen molar-refractivity contribution in [3.8, 4) is 0 Å². The molecule has 5 nitrogen and oxygen atoms in total. The topological polar surface area (TPSA) is 74.0 Å². The molecule has 0 aliphatic rings. The largest absolute Gasteiger partial charge is 0.416 e. The molecular formula is C22H22F3N3O2S. The summed E-state index contributed by atoms with van der Waals surface area (Å²) < 4.78 is 38.7. The average molecular weight is 449 g/mol. The summed E-state index contributed by atoms with van der Waals surface area (Å²) >= 11 is 1.08. The lowest BCUT2D eigenvalue weighted by molar-refractivity contribution is -0.137. The van der Waals surface area contributed by atoms with E-state index in [9.17, 15) is 22.8 Å². The van der Waals surface area contributed by atoms with Gasteiger partial charge in [-0.05, 0) is 36.2 Å². The molecular weight excluding hydrogens is 427 g/mol. The molecule has 0 aliphatic carbocycles. The first-order valence-electron chi connectivity index (χ1n) is 9.64. The second-order valence-corrected chi connectivity index (χ2v) is 8.08. The van der Waals surface area contributed by atoms with E-state index in [4.69, 9.17) is 0 Å². The van der Waals surface area contributed by atoms with Gasteiger partial charge in [0.1, 0.15) is 6.04 Å². The maximum absolute atomic E-state index is 12.9. The van der Waals surface area contributed by atoms with E-state index in [1.807, 2.05) is 30.5 Å². The minimum Gasteiger partial charge on any atom is -0.361 e. The third-order valence-electron chi connectivity index (χ3n) is 4.64. The predicted octanol–water partition coefficient (Wildman–Crippen LogP) is 4.14. The number of carbonyl (C=O) groups is 2. The van der Waals surface area contributed by atoms with Crippen molar-refractivity contribution < 1.29 is 22.8 Å². The Labute approximate surface area is 181 Å². The fourth-order valence-corrected chi connectivity index (χ4v) is 4.13. The molecule has 0 bridgehead atoms. The summed E-state index contributed by atoms with van der Waals surface area (Å²) in [4.78, 5) is 27.6. The molecule has 31 heavy (non-hydrogen) atoms. The number of hydrogen-bond donors (Lipinski definition) is 3. The van der Waals surface area contributed by atoms with Crippen LogP contribution in [-0.2, 0) is 22.2 Å². The number of benzene rings is 2. The maximum atomic E-state index is 12.9. The third-order valence-corrected chi connectivity index (χ3v) is 5.73. The number of para-hydroxylation sites is 1. The van der Waals surface area contributed by atoms with Crippen LogP contribution in [0.4, 0.5) is 13.2 Å². The van der Waals surface area contributed by atoms with E-state index in [0.717, 1.165) is 40.4 Å². The monoisotopic (exact) mass is 449 g/mol. The Morgan fingerprint density at radius 3 is 2.65 bits per heavy atom. The lowest BCUT2D eigenvalue weighted by Gasteiger charge is -2.17. The first-order chi connectivity index (χ1) is 14.7. The van der Waals surface area contributed by atoms with Crippen LogP contribution >= 0.6 is 11.8 Å². The van der Waals surface area contributed by atoms with Gasteiger partial charge in [0.2, 0.25) is 11.8 Å². The highest BCUT2D eigenvalue weighted by Gasteiger charge is 2.30. The number of aromatic nitrogens is 1. The molecule has 2 amide bonds. The molecule has 1 atom stereocenters. The van der Waals surface area contributed by atoms with E-state index >= 15 is 0 Å². The molecule has 3 N–H and O–H groups in total. The van der Waals surface area contributed by atoms with Gasteiger partial charge in [0.25, 0.3) is 0 Å². The second-order valence-electron chi connectivity index (χ2n) is 6.99. The van der Waals surface area contributed by atoms with Gasteiger partial charge in [-0.2, -0.15) is 13.2 Å². The summed E-state index contributed by atoms with van der Waals surface area (Å²) in [6.07, 6.45) is -1.94. The Morgan fingerprint density at radius 2 is 1.90 bits per heavy atom. The van der Waals surface area contributed by atoms with Crippen molar-refractivity contribution in [1.82, 2.24) is 15.6 Å². The highest BCUT2D eigenvalue weighted by molar-refractivity contribution is 7.99. The van der Waals surface area contributed by atoms with Crippen LogP contribution in [0.1, 0.15) is 18.1 Å². The number of nitrogens with one attached hydrogen (secondary N) is 3. The molecule has 0 aliphatic heterocycles. The first-order valence-corrected chi connectivity index (χ1v) is 10.6. The number of H-pyrrole nitrogens is 1. The summed E-state index contributed by atoms with van der Waals surface area (Å²) in [5.41, 5.74) is 1.32. The predicted molar refractivity (Wildman–Crippen MR) is 115 cm³/mol. The van der Waals surface area contributed by atoms with Crippen molar-refractivity contribution in [1.29, 1.82) is 0 Å². The number of rotatable bonds is 8. The number of hydrogen-bond acceptors (Lipinski definition) is 3. The normalized spacial score (nSPS) is 12.5. The van der Waals surface area contributed by atoms with Crippen molar-refractivity contribution in [2.24, 2.45) is 0 Å². The number of fused-ring (bicyclic) bond motifs is 1. The maximum Gasteiger partial charge on any atom is 0.416 e. The zero-order valence-electron chi connectivity index (χ0n) is 16.8.